The highest BCUT2D eigenvalue weighted by Gasteiger charge is 2.23. The molecule has 1 saturated heterocycles. The lowest BCUT2D eigenvalue weighted by Crippen LogP contribution is -2.36. The fourth-order valence-corrected chi connectivity index (χ4v) is 4.04. The summed E-state index contributed by atoms with van der Waals surface area (Å²) >= 11 is 0. The molecule has 5 rings (SSSR count). The molecule has 0 saturated carbocycles. The van der Waals surface area contributed by atoms with Gasteiger partial charge < -0.3 is 15.0 Å². The first-order valence-corrected chi connectivity index (χ1v) is 9.87. The maximum atomic E-state index is 14.4. The van der Waals surface area contributed by atoms with Crippen molar-refractivity contribution in [1.29, 1.82) is 0 Å². The zero-order valence-corrected chi connectivity index (χ0v) is 15.9. The first-order valence-electron chi connectivity index (χ1n) is 9.87. The van der Waals surface area contributed by atoms with E-state index in [0.717, 1.165) is 43.7 Å². The number of likely N-dealkylation sites (tertiary alicyclic amines) is 1. The predicted octanol–water partition coefficient (Wildman–Crippen LogP) is 2.44. The molecule has 8 nitrogen and oxygen atoms in total. The number of rotatable bonds is 4. The second kappa shape index (κ2) is 7.31. The van der Waals surface area contributed by atoms with E-state index in [9.17, 15) is 9.18 Å². The summed E-state index contributed by atoms with van der Waals surface area (Å²) in [5, 5.41) is 11.2. The summed E-state index contributed by atoms with van der Waals surface area (Å²) in [5.41, 5.74) is 2.32. The lowest BCUT2D eigenvalue weighted by molar-refractivity contribution is 0.0725. The number of halogens is 1. The van der Waals surface area contributed by atoms with Crippen molar-refractivity contribution in [2.75, 3.05) is 25.0 Å². The van der Waals surface area contributed by atoms with Crippen LogP contribution in [0.15, 0.2) is 24.7 Å². The number of carbonyl (C=O) groups excluding carboxylic acids is 1. The van der Waals surface area contributed by atoms with Gasteiger partial charge in [0.05, 0.1) is 6.61 Å². The van der Waals surface area contributed by atoms with Crippen LogP contribution in [0.3, 0.4) is 0 Å². The maximum Gasteiger partial charge on any atom is 0.259 e. The summed E-state index contributed by atoms with van der Waals surface area (Å²) in [5.74, 6) is 0.827. The van der Waals surface area contributed by atoms with Gasteiger partial charge in [-0.2, -0.15) is 0 Å². The second-order valence-electron chi connectivity index (χ2n) is 7.33. The van der Waals surface area contributed by atoms with Crippen LogP contribution in [0, 0.1) is 5.82 Å². The van der Waals surface area contributed by atoms with E-state index in [2.05, 4.69) is 20.5 Å². The van der Waals surface area contributed by atoms with E-state index in [-0.39, 0.29) is 18.3 Å². The van der Waals surface area contributed by atoms with Crippen molar-refractivity contribution in [1.82, 2.24) is 24.5 Å². The van der Waals surface area contributed by atoms with Crippen LogP contribution in [0.1, 0.15) is 40.7 Å². The normalized spacial score (nSPS) is 16.0. The van der Waals surface area contributed by atoms with Gasteiger partial charge in [-0.05, 0) is 31.4 Å². The van der Waals surface area contributed by atoms with E-state index in [4.69, 9.17) is 4.74 Å². The lowest BCUT2D eigenvalue weighted by Gasteiger charge is -2.26. The SMILES string of the molecule is O=C(c1cnc(NCc2c(F)ccc3c2CCO3)n2cnnc12)N1CCCCC1. The Morgan fingerprint density at radius 1 is 1.24 bits per heavy atom. The van der Waals surface area contributed by atoms with Crippen LogP contribution in [-0.4, -0.2) is 50.1 Å². The van der Waals surface area contributed by atoms with Crippen molar-refractivity contribution in [2.24, 2.45) is 0 Å². The number of hydrogen-bond donors (Lipinski definition) is 1. The Bertz CT molecular complexity index is 1080. The van der Waals surface area contributed by atoms with Gasteiger partial charge in [0, 0.05) is 43.4 Å². The van der Waals surface area contributed by atoms with E-state index in [1.54, 1.807) is 10.5 Å². The average Bonchev–Trinajstić information content (AvgIpc) is 3.43. The highest BCUT2D eigenvalue weighted by molar-refractivity contribution is 5.99. The van der Waals surface area contributed by atoms with Crippen LogP contribution in [0.5, 0.6) is 5.75 Å². The number of fused-ring (bicyclic) bond motifs is 2. The number of piperidine rings is 1. The van der Waals surface area contributed by atoms with Gasteiger partial charge in [-0.1, -0.05) is 0 Å². The number of aromatic nitrogens is 4. The zero-order chi connectivity index (χ0) is 19.8. The van der Waals surface area contributed by atoms with E-state index in [1.807, 2.05) is 4.90 Å². The van der Waals surface area contributed by atoms with Gasteiger partial charge >= 0.3 is 0 Å². The molecule has 2 aromatic heterocycles. The van der Waals surface area contributed by atoms with Crippen LogP contribution in [-0.2, 0) is 13.0 Å². The Morgan fingerprint density at radius 2 is 2.10 bits per heavy atom. The first kappa shape index (κ1) is 17.8. The molecule has 0 spiro atoms. The van der Waals surface area contributed by atoms with Crippen molar-refractivity contribution in [2.45, 2.75) is 32.2 Å². The predicted molar refractivity (Wildman–Crippen MR) is 103 cm³/mol. The van der Waals surface area contributed by atoms with Crippen molar-refractivity contribution < 1.29 is 13.9 Å². The van der Waals surface area contributed by atoms with E-state index in [1.165, 1.54) is 18.6 Å². The Kier molecular flexibility index (Phi) is 4.49. The molecule has 0 radical (unpaired) electrons. The standard InChI is InChI=1S/C20H21FN6O2/c21-16-4-5-17-13(6-9-29-17)14(16)10-22-20-23-11-15(18-25-24-12-27(18)20)19(28)26-7-2-1-3-8-26/h4-5,11-12H,1-3,6-10H2,(H,22,23). The van der Waals surface area contributed by atoms with E-state index < -0.39 is 0 Å². The molecule has 2 aliphatic heterocycles. The summed E-state index contributed by atoms with van der Waals surface area (Å²) in [6.45, 7) is 2.31. The molecule has 1 amide bonds. The number of amides is 1. The third kappa shape index (κ3) is 3.16. The van der Waals surface area contributed by atoms with Gasteiger partial charge in [0.2, 0.25) is 5.95 Å². The summed E-state index contributed by atoms with van der Waals surface area (Å²) < 4.78 is 21.5. The molecular formula is C20H21FN6O2. The zero-order valence-electron chi connectivity index (χ0n) is 15.9. The minimum atomic E-state index is -0.279. The maximum absolute atomic E-state index is 14.4. The third-order valence-electron chi connectivity index (χ3n) is 5.57. The van der Waals surface area contributed by atoms with Gasteiger partial charge in [-0.3, -0.25) is 9.20 Å². The largest absolute Gasteiger partial charge is 0.493 e. The molecule has 9 heteroatoms. The van der Waals surface area contributed by atoms with Crippen molar-refractivity contribution in [3.05, 3.63) is 47.2 Å². The topological polar surface area (TPSA) is 84.6 Å². The molecule has 1 aromatic carbocycles. The molecule has 0 unspecified atom stereocenters. The van der Waals surface area contributed by atoms with Crippen LogP contribution in [0.4, 0.5) is 10.3 Å². The summed E-state index contributed by atoms with van der Waals surface area (Å²) in [7, 11) is 0. The molecule has 4 heterocycles. The fourth-order valence-electron chi connectivity index (χ4n) is 4.04. The number of ether oxygens (including phenoxy) is 1. The third-order valence-corrected chi connectivity index (χ3v) is 5.57. The number of anilines is 1. The summed E-state index contributed by atoms with van der Waals surface area (Å²) in [4.78, 5) is 19.1. The van der Waals surface area contributed by atoms with Crippen LogP contribution in [0.2, 0.25) is 0 Å². The smallest absolute Gasteiger partial charge is 0.259 e. The number of carbonyl (C=O) groups is 1. The molecular weight excluding hydrogens is 375 g/mol. The Morgan fingerprint density at radius 3 is 2.97 bits per heavy atom. The lowest BCUT2D eigenvalue weighted by atomic mass is 10.0. The van der Waals surface area contributed by atoms with Crippen LogP contribution in [0.25, 0.3) is 5.65 Å². The molecule has 1 N–H and O–H groups in total. The highest BCUT2D eigenvalue weighted by Crippen LogP contribution is 2.30. The minimum absolute atomic E-state index is 0.0779. The van der Waals surface area contributed by atoms with Gasteiger partial charge in [0.1, 0.15) is 23.5 Å². The van der Waals surface area contributed by atoms with Crippen molar-refractivity contribution >= 4 is 17.5 Å². The quantitative estimate of drug-likeness (QED) is 0.729. The van der Waals surface area contributed by atoms with Crippen LogP contribution < -0.4 is 10.1 Å². The number of nitrogens with one attached hydrogen (secondary N) is 1. The molecule has 2 aliphatic rings. The van der Waals surface area contributed by atoms with Gasteiger partial charge in [-0.25, -0.2) is 9.37 Å². The Hall–Kier alpha value is -3.23. The molecule has 29 heavy (non-hydrogen) atoms. The number of benzene rings is 1. The molecule has 1 fully saturated rings. The number of nitrogens with zero attached hydrogens (tertiary/aromatic N) is 5. The van der Waals surface area contributed by atoms with Crippen molar-refractivity contribution in [3.8, 4) is 5.75 Å². The first-order chi connectivity index (χ1) is 14.2. The van der Waals surface area contributed by atoms with E-state index in [0.29, 0.717) is 35.8 Å². The molecule has 0 bridgehead atoms. The van der Waals surface area contributed by atoms with Crippen LogP contribution >= 0.6 is 0 Å². The monoisotopic (exact) mass is 396 g/mol. The summed E-state index contributed by atoms with van der Waals surface area (Å²) in [6, 6.07) is 3.09. The van der Waals surface area contributed by atoms with Crippen molar-refractivity contribution in [3.63, 3.8) is 0 Å². The number of hydrogen-bond acceptors (Lipinski definition) is 6. The summed E-state index contributed by atoms with van der Waals surface area (Å²) in [6.07, 6.45) is 6.89. The van der Waals surface area contributed by atoms with Gasteiger partial charge in [-0.15, -0.1) is 10.2 Å². The molecule has 0 atom stereocenters. The Balaban J connectivity index is 1.42. The molecule has 0 aliphatic carbocycles. The minimum Gasteiger partial charge on any atom is -0.493 e. The van der Waals surface area contributed by atoms with Gasteiger partial charge in [0.15, 0.2) is 5.65 Å². The highest BCUT2D eigenvalue weighted by atomic mass is 19.1. The average molecular weight is 396 g/mol. The molecule has 150 valence electrons. The Labute approximate surface area is 166 Å². The second-order valence-corrected chi connectivity index (χ2v) is 7.33. The molecule has 3 aromatic rings. The van der Waals surface area contributed by atoms with E-state index >= 15 is 0 Å². The van der Waals surface area contributed by atoms with Gasteiger partial charge in [0.25, 0.3) is 5.91 Å². The fraction of sp³-hybridized carbons (Fsp3) is 0.400.